The molecular weight excluding hydrogens is 362 g/mol. The first kappa shape index (κ1) is 21.1. The zero-order chi connectivity index (χ0) is 20.2. The number of nitrogens with zero attached hydrogens (tertiary/aromatic N) is 2. The standard InChI is InChI=1S/C20H27N3O3S/c1-13(2)9-15-11-17(12-16(20(15)21)10-14(3)4)22-23-18-7-5-6-8-19(18)27(24,25)26/h5-8,11-14H,9-10,21H2,1-4H3,(H,24,25,26). The van der Waals surface area contributed by atoms with Crippen molar-refractivity contribution < 1.29 is 13.0 Å². The highest BCUT2D eigenvalue weighted by Gasteiger charge is 2.15. The Morgan fingerprint density at radius 3 is 1.96 bits per heavy atom. The number of azo groups is 1. The van der Waals surface area contributed by atoms with E-state index in [0.717, 1.165) is 29.7 Å². The molecule has 0 saturated carbocycles. The first-order valence-electron chi connectivity index (χ1n) is 8.97. The summed E-state index contributed by atoms with van der Waals surface area (Å²) in [7, 11) is -4.37. The number of hydrogen-bond acceptors (Lipinski definition) is 5. The van der Waals surface area contributed by atoms with Crippen LogP contribution in [0.3, 0.4) is 0 Å². The molecule has 2 rings (SSSR count). The number of anilines is 1. The van der Waals surface area contributed by atoms with Crippen molar-refractivity contribution in [3.8, 4) is 0 Å². The van der Waals surface area contributed by atoms with Crippen molar-refractivity contribution >= 4 is 27.2 Å². The van der Waals surface area contributed by atoms with E-state index in [1.54, 1.807) is 6.07 Å². The number of benzene rings is 2. The van der Waals surface area contributed by atoms with E-state index in [0.29, 0.717) is 17.5 Å². The third-order valence-corrected chi connectivity index (χ3v) is 4.91. The predicted octanol–water partition coefficient (Wildman–Crippen LogP) is 5.33. The Bertz CT molecular complexity index is 904. The van der Waals surface area contributed by atoms with E-state index in [2.05, 4.69) is 37.9 Å². The molecule has 6 nitrogen and oxygen atoms in total. The molecule has 0 aliphatic heterocycles. The van der Waals surface area contributed by atoms with E-state index in [1.165, 1.54) is 18.2 Å². The quantitative estimate of drug-likeness (QED) is 0.379. The summed E-state index contributed by atoms with van der Waals surface area (Å²) in [5.41, 5.74) is 9.87. The van der Waals surface area contributed by atoms with Crippen LogP contribution in [0, 0.1) is 11.8 Å². The lowest BCUT2D eigenvalue weighted by Gasteiger charge is -2.15. The van der Waals surface area contributed by atoms with Crippen LogP contribution in [0.2, 0.25) is 0 Å². The largest absolute Gasteiger partial charge is 0.398 e. The Hall–Kier alpha value is -2.25. The van der Waals surface area contributed by atoms with Crippen molar-refractivity contribution in [2.45, 2.75) is 45.4 Å². The van der Waals surface area contributed by atoms with Crippen LogP contribution in [0.25, 0.3) is 0 Å². The van der Waals surface area contributed by atoms with Gasteiger partial charge in [0.1, 0.15) is 10.6 Å². The minimum atomic E-state index is -4.37. The van der Waals surface area contributed by atoms with Crippen molar-refractivity contribution in [2.75, 3.05) is 5.73 Å². The maximum Gasteiger partial charge on any atom is 0.296 e. The van der Waals surface area contributed by atoms with Crippen LogP contribution in [-0.4, -0.2) is 13.0 Å². The molecule has 3 N–H and O–H groups in total. The van der Waals surface area contributed by atoms with Crippen LogP contribution in [0.1, 0.15) is 38.8 Å². The van der Waals surface area contributed by atoms with Gasteiger partial charge in [0.2, 0.25) is 0 Å². The highest BCUT2D eigenvalue weighted by molar-refractivity contribution is 7.86. The fourth-order valence-electron chi connectivity index (χ4n) is 2.91. The highest BCUT2D eigenvalue weighted by atomic mass is 32.2. The summed E-state index contributed by atoms with van der Waals surface area (Å²) in [5.74, 6) is 0.873. The number of nitrogen functional groups attached to an aromatic ring is 1. The maximum absolute atomic E-state index is 11.5. The van der Waals surface area contributed by atoms with Gasteiger partial charge in [0, 0.05) is 5.69 Å². The summed E-state index contributed by atoms with van der Waals surface area (Å²) in [6, 6.07) is 9.72. The predicted molar refractivity (Wildman–Crippen MR) is 108 cm³/mol. The van der Waals surface area contributed by atoms with Crippen LogP contribution in [0.15, 0.2) is 51.5 Å². The van der Waals surface area contributed by atoms with Crippen molar-refractivity contribution in [1.82, 2.24) is 0 Å². The molecule has 0 atom stereocenters. The molecule has 0 aliphatic rings. The molecule has 2 aromatic rings. The molecule has 0 unspecified atom stereocenters. The number of hydrogen-bond donors (Lipinski definition) is 2. The third kappa shape index (κ3) is 5.87. The molecule has 0 saturated heterocycles. The SMILES string of the molecule is CC(C)Cc1cc(N=Nc2ccccc2S(=O)(=O)O)cc(CC(C)C)c1N. The summed E-state index contributed by atoms with van der Waals surface area (Å²) >= 11 is 0. The zero-order valence-electron chi connectivity index (χ0n) is 16.2. The number of rotatable bonds is 7. The topological polar surface area (TPSA) is 105 Å². The van der Waals surface area contributed by atoms with Crippen molar-refractivity contribution in [3.05, 3.63) is 47.5 Å². The summed E-state index contributed by atoms with van der Waals surface area (Å²) in [5, 5.41) is 8.28. The summed E-state index contributed by atoms with van der Waals surface area (Å²) in [4.78, 5) is -0.269. The normalized spacial score (nSPS) is 12.4. The molecule has 2 aromatic carbocycles. The fourth-order valence-corrected chi connectivity index (χ4v) is 3.53. The molecule has 0 aromatic heterocycles. The molecule has 0 bridgehead atoms. The molecule has 27 heavy (non-hydrogen) atoms. The minimum absolute atomic E-state index is 0.0904. The van der Waals surface area contributed by atoms with Crippen molar-refractivity contribution in [3.63, 3.8) is 0 Å². The summed E-state index contributed by atoms with van der Waals surface area (Å²) < 4.78 is 32.3. The van der Waals surface area contributed by atoms with E-state index < -0.39 is 10.1 Å². The summed E-state index contributed by atoms with van der Waals surface area (Å²) in [6.07, 6.45) is 1.64. The van der Waals surface area contributed by atoms with Gasteiger partial charge in [0.15, 0.2) is 0 Å². The second kappa shape index (κ2) is 8.63. The Morgan fingerprint density at radius 1 is 0.963 bits per heavy atom. The second-order valence-electron chi connectivity index (χ2n) is 7.52. The average molecular weight is 390 g/mol. The fraction of sp³-hybridized carbons (Fsp3) is 0.400. The lowest BCUT2D eigenvalue weighted by atomic mass is 9.94. The average Bonchev–Trinajstić information content (AvgIpc) is 2.55. The van der Waals surface area contributed by atoms with E-state index in [-0.39, 0.29) is 10.6 Å². The molecule has 0 heterocycles. The van der Waals surface area contributed by atoms with Gasteiger partial charge < -0.3 is 5.73 Å². The lowest BCUT2D eigenvalue weighted by Crippen LogP contribution is -2.05. The van der Waals surface area contributed by atoms with Gasteiger partial charge in [-0.2, -0.15) is 13.5 Å². The monoisotopic (exact) mass is 389 g/mol. The van der Waals surface area contributed by atoms with Gasteiger partial charge in [-0.05, 0) is 60.1 Å². The number of nitrogens with two attached hydrogens (primary N) is 1. The molecule has 0 amide bonds. The van der Waals surface area contributed by atoms with Gasteiger partial charge in [-0.15, -0.1) is 5.11 Å². The van der Waals surface area contributed by atoms with Crippen LogP contribution >= 0.6 is 0 Å². The molecule has 0 radical (unpaired) electrons. The van der Waals surface area contributed by atoms with Gasteiger partial charge in [0.25, 0.3) is 10.1 Å². The molecule has 0 fully saturated rings. The van der Waals surface area contributed by atoms with E-state index in [1.807, 2.05) is 12.1 Å². The van der Waals surface area contributed by atoms with Crippen LogP contribution in [0.5, 0.6) is 0 Å². The highest BCUT2D eigenvalue weighted by Crippen LogP contribution is 2.31. The van der Waals surface area contributed by atoms with Gasteiger partial charge in [-0.25, -0.2) is 0 Å². The molecule has 146 valence electrons. The lowest BCUT2D eigenvalue weighted by molar-refractivity contribution is 0.483. The molecule has 7 heteroatoms. The smallest absolute Gasteiger partial charge is 0.296 e. The van der Waals surface area contributed by atoms with Gasteiger partial charge >= 0.3 is 0 Å². The van der Waals surface area contributed by atoms with E-state index >= 15 is 0 Å². The Labute approximate surface area is 161 Å². The summed E-state index contributed by atoms with van der Waals surface area (Å²) in [6.45, 7) is 8.49. The second-order valence-corrected chi connectivity index (χ2v) is 8.91. The Kier molecular flexibility index (Phi) is 6.73. The van der Waals surface area contributed by atoms with Crippen molar-refractivity contribution in [2.24, 2.45) is 22.1 Å². The van der Waals surface area contributed by atoms with E-state index in [4.69, 9.17) is 5.73 Å². The Morgan fingerprint density at radius 2 is 1.48 bits per heavy atom. The van der Waals surface area contributed by atoms with Gasteiger partial charge in [0.05, 0.1) is 5.69 Å². The molecule has 0 spiro atoms. The van der Waals surface area contributed by atoms with E-state index in [9.17, 15) is 13.0 Å². The third-order valence-electron chi connectivity index (χ3n) is 4.01. The molecular formula is C20H27N3O3S. The van der Waals surface area contributed by atoms with Crippen molar-refractivity contribution in [1.29, 1.82) is 0 Å². The van der Waals surface area contributed by atoms with Crippen LogP contribution in [-0.2, 0) is 23.0 Å². The first-order chi connectivity index (χ1) is 12.6. The molecule has 0 aliphatic carbocycles. The minimum Gasteiger partial charge on any atom is -0.398 e. The maximum atomic E-state index is 11.5. The zero-order valence-corrected chi connectivity index (χ0v) is 17.0. The first-order valence-corrected chi connectivity index (χ1v) is 10.4. The van der Waals surface area contributed by atoms with Crippen LogP contribution < -0.4 is 5.73 Å². The Balaban J connectivity index is 2.48. The van der Waals surface area contributed by atoms with Gasteiger partial charge in [-0.1, -0.05) is 39.8 Å². The van der Waals surface area contributed by atoms with Crippen LogP contribution in [0.4, 0.5) is 17.1 Å². The van der Waals surface area contributed by atoms with Gasteiger partial charge in [-0.3, -0.25) is 4.55 Å².